The Morgan fingerprint density at radius 2 is 1.94 bits per heavy atom. The minimum Gasteiger partial charge on any atom is -0.508 e. The average molecular weight is 308 g/mol. The van der Waals surface area contributed by atoms with Gasteiger partial charge in [-0.1, -0.05) is 24.3 Å². The van der Waals surface area contributed by atoms with Gasteiger partial charge in [0.15, 0.2) is 0 Å². The van der Waals surface area contributed by atoms with Crippen molar-refractivity contribution in [3.63, 3.8) is 0 Å². The Morgan fingerprint density at radius 1 is 1.17 bits per heavy atom. The van der Waals surface area contributed by atoms with Gasteiger partial charge >= 0.3 is 0 Å². The van der Waals surface area contributed by atoms with Crippen molar-refractivity contribution < 1.29 is 9.84 Å². The van der Waals surface area contributed by atoms with Crippen molar-refractivity contribution in [3.05, 3.63) is 58.6 Å². The monoisotopic (exact) mass is 307 g/mol. The number of hydrogen-bond donors (Lipinski definition) is 2. The Bertz CT molecular complexity index is 531. The highest BCUT2D eigenvalue weighted by Gasteiger charge is 2.08. The van der Waals surface area contributed by atoms with E-state index in [4.69, 9.17) is 10.5 Å². The van der Waals surface area contributed by atoms with Crippen LogP contribution in [0.1, 0.15) is 11.6 Å². The van der Waals surface area contributed by atoms with Gasteiger partial charge in [0, 0.05) is 0 Å². The summed E-state index contributed by atoms with van der Waals surface area (Å²) in [6, 6.07) is 14.2. The molecule has 2 aromatic carbocycles. The maximum absolute atomic E-state index is 9.39. The summed E-state index contributed by atoms with van der Waals surface area (Å²) >= 11 is 3.41. The molecule has 0 bridgehead atoms. The van der Waals surface area contributed by atoms with E-state index in [9.17, 15) is 5.11 Å². The van der Waals surface area contributed by atoms with Crippen LogP contribution in [0.3, 0.4) is 0 Å². The maximum atomic E-state index is 9.39. The normalized spacial score (nSPS) is 12.1. The lowest BCUT2D eigenvalue weighted by Gasteiger charge is -2.14. The molecular formula is C14H14BrNO2. The Kier molecular flexibility index (Phi) is 4.23. The number of hydrogen-bond acceptors (Lipinski definition) is 3. The van der Waals surface area contributed by atoms with Crippen LogP contribution >= 0.6 is 15.9 Å². The lowest BCUT2D eigenvalue weighted by atomic mass is 10.1. The molecule has 18 heavy (non-hydrogen) atoms. The molecule has 94 valence electrons. The molecule has 0 heterocycles. The van der Waals surface area contributed by atoms with Gasteiger partial charge < -0.3 is 15.6 Å². The van der Waals surface area contributed by atoms with Crippen molar-refractivity contribution in [1.82, 2.24) is 0 Å². The van der Waals surface area contributed by atoms with Crippen LogP contribution in [0.4, 0.5) is 0 Å². The van der Waals surface area contributed by atoms with Gasteiger partial charge in [-0.05, 0) is 45.8 Å². The van der Waals surface area contributed by atoms with Gasteiger partial charge in [0.1, 0.15) is 18.1 Å². The highest BCUT2D eigenvalue weighted by atomic mass is 79.9. The number of aromatic hydroxyl groups is 1. The summed E-state index contributed by atoms with van der Waals surface area (Å²) in [5, 5.41) is 9.39. The largest absolute Gasteiger partial charge is 0.508 e. The lowest BCUT2D eigenvalue weighted by Crippen LogP contribution is -2.19. The molecule has 0 fully saturated rings. The number of rotatable bonds is 4. The highest BCUT2D eigenvalue weighted by molar-refractivity contribution is 9.10. The van der Waals surface area contributed by atoms with E-state index < -0.39 is 0 Å². The molecule has 2 rings (SSSR count). The topological polar surface area (TPSA) is 55.5 Å². The number of para-hydroxylation sites is 1. The SMILES string of the molecule is NC(COc1ccccc1Br)c1cccc(O)c1. The van der Waals surface area contributed by atoms with Crippen LogP contribution in [0.25, 0.3) is 0 Å². The van der Waals surface area contributed by atoms with E-state index >= 15 is 0 Å². The fraction of sp³-hybridized carbons (Fsp3) is 0.143. The number of halogens is 1. The Balaban J connectivity index is 2.00. The minimum atomic E-state index is -0.274. The number of phenols is 1. The third-order valence-electron chi connectivity index (χ3n) is 2.55. The molecule has 0 saturated carbocycles. The molecule has 0 radical (unpaired) electrons. The number of ether oxygens (including phenoxy) is 1. The molecule has 0 amide bonds. The molecule has 0 spiro atoms. The van der Waals surface area contributed by atoms with Crippen molar-refractivity contribution in [2.75, 3.05) is 6.61 Å². The molecule has 0 aliphatic rings. The summed E-state index contributed by atoms with van der Waals surface area (Å²) in [5.74, 6) is 0.969. The van der Waals surface area contributed by atoms with Crippen molar-refractivity contribution in [3.8, 4) is 11.5 Å². The minimum absolute atomic E-state index is 0.212. The first-order chi connectivity index (χ1) is 8.66. The van der Waals surface area contributed by atoms with Crippen LogP contribution in [0.2, 0.25) is 0 Å². The van der Waals surface area contributed by atoms with E-state index in [1.807, 2.05) is 30.3 Å². The first-order valence-electron chi connectivity index (χ1n) is 5.58. The Morgan fingerprint density at radius 3 is 2.67 bits per heavy atom. The highest BCUT2D eigenvalue weighted by Crippen LogP contribution is 2.25. The van der Waals surface area contributed by atoms with Crippen LogP contribution in [0.15, 0.2) is 53.0 Å². The first kappa shape index (κ1) is 12.9. The smallest absolute Gasteiger partial charge is 0.133 e. The van der Waals surface area contributed by atoms with E-state index in [1.54, 1.807) is 18.2 Å². The molecule has 3 N–H and O–H groups in total. The fourth-order valence-electron chi connectivity index (χ4n) is 1.59. The van der Waals surface area contributed by atoms with Crippen molar-refractivity contribution in [2.24, 2.45) is 5.73 Å². The molecule has 2 aromatic rings. The van der Waals surface area contributed by atoms with E-state index in [2.05, 4.69) is 15.9 Å². The van der Waals surface area contributed by atoms with Crippen molar-refractivity contribution >= 4 is 15.9 Å². The third-order valence-corrected chi connectivity index (χ3v) is 3.21. The first-order valence-corrected chi connectivity index (χ1v) is 6.38. The van der Waals surface area contributed by atoms with E-state index in [1.165, 1.54) is 0 Å². The number of phenolic OH excluding ortho intramolecular Hbond substituents is 1. The van der Waals surface area contributed by atoms with E-state index in [-0.39, 0.29) is 11.8 Å². The van der Waals surface area contributed by atoms with E-state index in [0.717, 1.165) is 15.8 Å². The zero-order chi connectivity index (χ0) is 13.0. The van der Waals surface area contributed by atoms with Gasteiger partial charge in [-0.3, -0.25) is 0 Å². The Hall–Kier alpha value is -1.52. The molecule has 1 unspecified atom stereocenters. The number of nitrogens with two attached hydrogens (primary N) is 1. The van der Waals surface area contributed by atoms with Crippen LogP contribution in [-0.2, 0) is 0 Å². The van der Waals surface area contributed by atoms with Gasteiger partial charge in [0.05, 0.1) is 10.5 Å². The molecule has 0 saturated heterocycles. The summed E-state index contributed by atoms with van der Waals surface area (Å²) in [7, 11) is 0. The molecular weight excluding hydrogens is 294 g/mol. The lowest BCUT2D eigenvalue weighted by molar-refractivity contribution is 0.288. The molecule has 1 atom stereocenters. The van der Waals surface area contributed by atoms with Gasteiger partial charge in [-0.15, -0.1) is 0 Å². The molecule has 0 aliphatic heterocycles. The van der Waals surface area contributed by atoms with Crippen LogP contribution < -0.4 is 10.5 Å². The van der Waals surface area contributed by atoms with Gasteiger partial charge in [0.2, 0.25) is 0 Å². The van der Waals surface area contributed by atoms with Gasteiger partial charge in [0.25, 0.3) is 0 Å². The van der Waals surface area contributed by atoms with E-state index in [0.29, 0.717) is 6.61 Å². The summed E-state index contributed by atoms with van der Waals surface area (Å²) in [6.45, 7) is 0.353. The van der Waals surface area contributed by atoms with Crippen LogP contribution in [0.5, 0.6) is 11.5 Å². The van der Waals surface area contributed by atoms with Gasteiger partial charge in [-0.2, -0.15) is 0 Å². The maximum Gasteiger partial charge on any atom is 0.133 e. The predicted octanol–water partition coefficient (Wildman–Crippen LogP) is 3.23. The third kappa shape index (κ3) is 3.24. The summed E-state index contributed by atoms with van der Waals surface area (Å²) < 4.78 is 6.54. The molecule has 4 heteroatoms. The second-order valence-electron chi connectivity index (χ2n) is 3.94. The second-order valence-corrected chi connectivity index (χ2v) is 4.80. The summed E-state index contributed by atoms with van der Waals surface area (Å²) in [5.41, 5.74) is 6.86. The van der Waals surface area contributed by atoms with Crippen LogP contribution in [0, 0.1) is 0 Å². The summed E-state index contributed by atoms with van der Waals surface area (Å²) in [6.07, 6.45) is 0. The Labute approximate surface area is 114 Å². The molecule has 3 nitrogen and oxygen atoms in total. The summed E-state index contributed by atoms with van der Waals surface area (Å²) in [4.78, 5) is 0. The fourth-order valence-corrected chi connectivity index (χ4v) is 1.99. The average Bonchev–Trinajstić information content (AvgIpc) is 2.37. The predicted molar refractivity (Wildman–Crippen MR) is 74.7 cm³/mol. The zero-order valence-electron chi connectivity index (χ0n) is 9.71. The zero-order valence-corrected chi connectivity index (χ0v) is 11.3. The van der Waals surface area contributed by atoms with Crippen molar-refractivity contribution in [2.45, 2.75) is 6.04 Å². The molecule has 0 aromatic heterocycles. The molecule has 0 aliphatic carbocycles. The van der Waals surface area contributed by atoms with Crippen LogP contribution in [-0.4, -0.2) is 11.7 Å². The van der Waals surface area contributed by atoms with Crippen molar-refractivity contribution in [1.29, 1.82) is 0 Å². The standard InChI is InChI=1S/C14H14BrNO2/c15-12-6-1-2-7-14(12)18-9-13(16)10-4-3-5-11(17)8-10/h1-8,13,17H,9,16H2. The van der Waals surface area contributed by atoms with Gasteiger partial charge in [-0.25, -0.2) is 0 Å². The number of benzene rings is 2. The second kappa shape index (κ2) is 5.89. The quantitative estimate of drug-likeness (QED) is 0.912.